The molecule has 2 aromatic carbocycles. The molecule has 2 unspecified atom stereocenters. The van der Waals surface area contributed by atoms with Crippen molar-refractivity contribution >= 4 is 21.8 Å². The van der Waals surface area contributed by atoms with Gasteiger partial charge in [0.05, 0.1) is 17.1 Å². The fraction of sp³-hybridized carbons (Fsp3) is 0.391. The van der Waals surface area contributed by atoms with Crippen LogP contribution < -0.4 is 5.32 Å². The van der Waals surface area contributed by atoms with Gasteiger partial charge in [0.25, 0.3) is 11.8 Å². The first-order valence-corrected chi connectivity index (χ1v) is 11.9. The van der Waals surface area contributed by atoms with E-state index in [9.17, 15) is 18.0 Å². The monoisotopic (exact) mass is 459 g/mol. The smallest absolute Gasteiger partial charge is 0.254 e. The molecule has 0 aliphatic carbocycles. The van der Waals surface area contributed by atoms with Gasteiger partial charge in [0.15, 0.2) is 0 Å². The van der Waals surface area contributed by atoms with Crippen LogP contribution in [0.4, 0.5) is 0 Å². The van der Waals surface area contributed by atoms with E-state index in [-0.39, 0.29) is 35.5 Å². The van der Waals surface area contributed by atoms with Gasteiger partial charge >= 0.3 is 0 Å². The maximum atomic E-state index is 12.7. The molecular weight excluding hydrogens is 430 g/mol. The van der Waals surface area contributed by atoms with Crippen LogP contribution in [-0.4, -0.2) is 68.8 Å². The molecule has 3 rings (SSSR count). The Hall–Kier alpha value is -2.75. The molecule has 0 spiro atoms. The fourth-order valence-electron chi connectivity index (χ4n) is 3.56. The number of benzene rings is 2. The van der Waals surface area contributed by atoms with Gasteiger partial charge in [-0.2, -0.15) is 0 Å². The van der Waals surface area contributed by atoms with E-state index in [1.165, 1.54) is 38.4 Å². The van der Waals surface area contributed by atoms with Crippen LogP contribution in [0.2, 0.25) is 0 Å². The molecule has 32 heavy (non-hydrogen) atoms. The maximum Gasteiger partial charge on any atom is 0.254 e. The van der Waals surface area contributed by atoms with E-state index in [1.807, 2.05) is 26.0 Å². The molecule has 8 nitrogen and oxygen atoms in total. The van der Waals surface area contributed by atoms with Crippen LogP contribution >= 0.6 is 0 Å². The van der Waals surface area contributed by atoms with Crippen molar-refractivity contribution in [3.8, 4) is 0 Å². The number of nitrogens with zero attached hydrogens (tertiary/aromatic N) is 2. The number of nitrogens with one attached hydrogen (secondary N) is 1. The Morgan fingerprint density at radius 1 is 0.969 bits per heavy atom. The van der Waals surface area contributed by atoms with Gasteiger partial charge in [-0.1, -0.05) is 12.1 Å². The fourth-order valence-corrected chi connectivity index (χ4v) is 4.47. The molecule has 1 N–H and O–H groups in total. The number of rotatable bonds is 6. The summed E-state index contributed by atoms with van der Waals surface area (Å²) in [5.41, 5.74) is 1.81. The van der Waals surface area contributed by atoms with Gasteiger partial charge in [-0.15, -0.1) is 0 Å². The first-order valence-electron chi connectivity index (χ1n) is 10.4. The zero-order chi connectivity index (χ0) is 23.5. The average molecular weight is 460 g/mol. The van der Waals surface area contributed by atoms with Crippen molar-refractivity contribution < 1.29 is 22.7 Å². The summed E-state index contributed by atoms with van der Waals surface area (Å²) in [5, 5.41) is 2.81. The Bertz CT molecular complexity index is 1060. The highest BCUT2D eigenvalue weighted by atomic mass is 32.2. The van der Waals surface area contributed by atoms with Crippen molar-refractivity contribution in [2.24, 2.45) is 0 Å². The lowest BCUT2D eigenvalue weighted by molar-refractivity contribution is -0.0586. The van der Waals surface area contributed by atoms with Crippen LogP contribution in [0.5, 0.6) is 0 Å². The van der Waals surface area contributed by atoms with Gasteiger partial charge in [0, 0.05) is 44.9 Å². The van der Waals surface area contributed by atoms with Crippen molar-refractivity contribution in [3.63, 3.8) is 0 Å². The SMILES string of the molecule is CC1CN(C(=O)c2ccc(CNC(=O)c3ccc(S(=O)(=O)N(C)C)cc3)cc2)CC(C)O1. The number of carbonyl (C=O) groups is 2. The summed E-state index contributed by atoms with van der Waals surface area (Å²) in [6.07, 6.45) is 0.0171. The van der Waals surface area contributed by atoms with Crippen LogP contribution in [-0.2, 0) is 21.3 Å². The lowest BCUT2D eigenvalue weighted by atomic mass is 10.1. The third kappa shape index (κ3) is 5.53. The third-order valence-corrected chi connectivity index (χ3v) is 7.09. The van der Waals surface area contributed by atoms with Gasteiger partial charge in [-0.05, 0) is 55.8 Å². The highest BCUT2D eigenvalue weighted by molar-refractivity contribution is 7.89. The van der Waals surface area contributed by atoms with E-state index in [4.69, 9.17) is 4.74 Å². The Kier molecular flexibility index (Phi) is 7.33. The first kappa shape index (κ1) is 23.9. The van der Waals surface area contributed by atoms with Gasteiger partial charge in [-0.25, -0.2) is 12.7 Å². The molecule has 1 saturated heterocycles. The summed E-state index contributed by atoms with van der Waals surface area (Å²) < 4.78 is 31.1. The van der Waals surface area contributed by atoms with E-state index >= 15 is 0 Å². The predicted molar refractivity (Wildman–Crippen MR) is 121 cm³/mol. The largest absolute Gasteiger partial charge is 0.372 e. The number of hydrogen-bond donors (Lipinski definition) is 1. The molecule has 0 radical (unpaired) electrons. The molecule has 172 valence electrons. The molecule has 1 heterocycles. The lowest BCUT2D eigenvalue weighted by Gasteiger charge is -2.35. The predicted octanol–water partition coefficient (Wildman–Crippen LogP) is 2.12. The third-order valence-electron chi connectivity index (χ3n) is 5.26. The highest BCUT2D eigenvalue weighted by Gasteiger charge is 2.26. The first-order chi connectivity index (χ1) is 15.1. The normalized spacial score (nSPS) is 19.1. The molecule has 2 aromatic rings. The van der Waals surface area contributed by atoms with Gasteiger partial charge in [0.1, 0.15) is 0 Å². The van der Waals surface area contributed by atoms with E-state index in [1.54, 1.807) is 17.0 Å². The molecule has 1 fully saturated rings. The highest BCUT2D eigenvalue weighted by Crippen LogP contribution is 2.16. The van der Waals surface area contributed by atoms with Gasteiger partial charge in [0.2, 0.25) is 10.0 Å². The van der Waals surface area contributed by atoms with Crippen molar-refractivity contribution in [1.29, 1.82) is 0 Å². The van der Waals surface area contributed by atoms with Crippen molar-refractivity contribution in [3.05, 3.63) is 65.2 Å². The second kappa shape index (κ2) is 9.81. The number of ether oxygens (including phenoxy) is 1. The second-order valence-electron chi connectivity index (χ2n) is 8.16. The minimum atomic E-state index is -3.54. The topological polar surface area (TPSA) is 96.0 Å². The number of amides is 2. The molecule has 2 amide bonds. The van der Waals surface area contributed by atoms with E-state index in [0.717, 1.165) is 9.87 Å². The lowest BCUT2D eigenvalue weighted by Crippen LogP contribution is -2.48. The van der Waals surface area contributed by atoms with Gasteiger partial charge < -0.3 is 15.0 Å². The number of morpholine rings is 1. The van der Waals surface area contributed by atoms with E-state index in [2.05, 4.69) is 5.32 Å². The van der Waals surface area contributed by atoms with Gasteiger partial charge in [-0.3, -0.25) is 9.59 Å². The van der Waals surface area contributed by atoms with Crippen molar-refractivity contribution in [2.45, 2.75) is 37.5 Å². The quantitative estimate of drug-likeness (QED) is 0.714. The van der Waals surface area contributed by atoms with Crippen LogP contribution in [0.25, 0.3) is 0 Å². The summed E-state index contributed by atoms with van der Waals surface area (Å²) in [6.45, 7) is 5.33. The summed E-state index contributed by atoms with van der Waals surface area (Å²) >= 11 is 0. The average Bonchev–Trinajstić information content (AvgIpc) is 2.76. The summed E-state index contributed by atoms with van der Waals surface area (Å²) in [7, 11) is -0.626. The zero-order valence-electron chi connectivity index (χ0n) is 18.7. The number of sulfonamides is 1. The standard InChI is InChI=1S/C23H29N3O5S/c1-16-14-26(15-17(2)31-16)23(28)20-7-5-18(6-8-20)13-24-22(27)19-9-11-21(12-10-19)32(29,30)25(3)4/h5-12,16-17H,13-15H2,1-4H3,(H,24,27). The minimum absolute atomic E-state index is 0.00856. The molecule has 0 aromatic heterocycles. The molecule has 0 bridgehead atoms. The second-order valence-corrected chi connectivity index (χ2v) is 10.3. The van der Waals surface area contributed by atoms with Crippen LogP contribution in [0.1, 0.15) is 40.1 Å². The molecule has 1 aliphatic heterocycles. The molecule has 1 aliphatic rings. The molecular formula is C23H29N3O5S. The zero-order valence-corrected chi connectivity index (χ0v) is 19.6. The summed E-state index contributed by atoms with van der Waals surface area (Å²) in [6, 6.07) is 12.9. The minimum Gasteiger partial charge on any atom is -0.372 e. The van der Waals surface area contributed by atoms with Crippen molar-refractivity contribution in [2.75, 3.05) is 27.2 Å². The van der Waals surface area contributed by atoms with E-state index in [0.29, 0.717) is 24.2 Å². The van der Waals surface area contributed by atoms with Crippen LogP contribution in [0.3, 0.4) is 0 Å². The van der Waals surface area contributed by atoms with Crippen LogP contribution in [0.15, 0.2) is 53.4 Å². The Labute approximate surface area is 189 Å². The number of hydrogen-bond acceptors (Lipinski definition) is 5. The maximum absolute atomic E-state index is 12.7. The number of carbonyl (C=O) groups excluding carboxylic acids is 2. The Morgan fingerprint density at radius 2 is 1.50 bits per heavy atom. The van der Waals surface area contributed by atoms with Crippen molar-refractivity contribution in [1.82, 2.24) is 14.5 Å². The molecule has 9 heteroatoms. The van der Waals surface area contributed by atoms with Crippen LogP contribution in [0, 0.1) is 0 Å². The van der Waals surface area contributed by atoms with E-state index < -0.39 is 10.0 Å². The Balaban J connectivity index is 1.58. The molecule has 2 atom stereocenters. The summed E-state index contributed by atoms with van der Waals surface area (Å²) in [4.78, 5) is 27.1. The summed E-state index contributed by atoms with van der Waals surface area (Å²) in [5.74, 6) is -0.342. The Morgan fingerprint density at radius 3 is 2.03 bits per heavy atom. The molecule has 0 saturated carbocycles.